The lowest BCUT2D eigenvalue weighted by molar-refractivity contribution is -0.165. The number of rotatable bonds is 1. The van der Waals surface area contributed by atoms with Gasteiger partial charge in [-0.3, -0.25) is 4.79 Å². The molecule has 0 amide bonds. The molecule has 1 aliphatic rings. The van der Waals surface area contributed by atoms with Crippen LogP contribution in [-0.4, -0.2) is 18.1 Å². The molecule has 0 spiro atoms. The Balaban J connectivity index is 2.72. The maximum atomic E-state index is 11.3. The molecule has 1 rings (SSSR count). The summed E-state index contributed by atoms with van der Waals surface area (Å²) in [5.41, 5.74) is 5.91. The average molecular weight is 171 g/mol. The standard InChI is InChI=1S/C9H17NO2/c1-4-7-8(10)5(2)6(3)12-9(7)11/h5-8H,4,10H2,1-3H3/t5-,6-,7?,8?/m0/s1. The van der Waals surface area contributed by atoms with E-state index >= 15 is 0 Å². The van der Waals surface area contributed by atoms with Crippen LogP contribution in [0, 0.1) is 11.8 Å². The minimum absolute atomic E-state index is 0.0321. The molecule has 12 heavy (non-hydrogen) atoms. The van der Waals surface area contributed by atoms with E-state index in [4.69, 9.17) is 10.5 Å². The zero-order chi connectivity index (χ0) is 9.30. The van der Waals surface area contributed by atoms with Crippen LogP contribution in [0.2, 0.25) is 0 Å². The van der Waals surface area contributed by atoms with Crippen molar-refractivity contribution in [2.75, 3.05) is 0 Å². The van der Waals surface area contributed by atoms with Crippen molar-refractivity contribution in [3.8, 4) is 0 Å². The SMILES string of the molecule is CCC1C(=O)O[C@@H](C)[C@H](C)C1N. The smallest absolute Gasteiger partial charge is 0.310 e. The van der Waals surface area contributed by atoms with E-state index in [1.807, 2.05) is 20.8 Å². The highest BCUT2D eigenvalue weighted by Crippen LogP contribution is 2.26. The van der Waals surface area contributed by atoms with Gasteiger partial charge >= 0.3 is 5.97 Å². The Morgan fingerprint density at radius 3 is 2.58 bits per heavy atom. The van der Waals surface area contributed by atoms with Crippen LogP contribution >= 0.6 is 0 Å². The molecule has 2 unspecified atom stereocenters. The second-order valence-corrected chi connectivity index (χ2v) is 3.59. The van der Waals surface area contributed by atoms with Crippen LogP contribution in [0.4, 0.5) is 0 Å². The van der Waals surface area contributed by atoms with Crippen LogP contribution < -0.4 is 5.73 Å². The van der Waals surface area contributed by atoms with Crippen LogP contribution in [0.25, 0.3) is 0 Å². The van der Waals surface area contributed by atoms with Gasteiger partial charge in [-0.05, 0) is 13.3 Å². The zero-order valence-electron chi connectivity index (χ0n) is 7.91. The van der Waals surface area contributed by atoms with Crippen LogP contribution in [-0.2, 0) is 9.53 Å². The van der Waals surface area contributed by atoms with E-state index in [1.54, 1.807) is 0 Å². The van der Waals surface area contributed by atoms with Gasteiger partial charge < -0.3 is 10.5 Å². The summed E-state index contributed by atoms with van der Waals surface area (Å²) < 4.78 is 5.15. The first-order valence-electron chi connectivity index (χ1n) is 4.54. The van der Waals surface area contributed by atoms with Crippen molar-refractivity contribution in [2.45, 2.75) is 39.3 Å². The van der Waals surface area contributed by atoms with E-state index in [2.05, 4.69) is 0 Å². The molecule has 0 aromatic heterocycles. The number of ether oxygens (including phenoxy) is 1. The molecule has 0 aromatic rings. The summed E-state index contributed by atoms with van der Waals surface area (Å²) >= 11 is 0. The molecule has 0 saturated carbocycles. The Morgan fingerprint density at radius 2 is 2.08 bits per heavy atom. The number of hydrogen-bond acceptors (Lipinski definition) is 3. The fraction of sp³-hybridized carbons (Fsp3) is 0.889. The summed E-state index contributed by atoms with van der Waals surface area (Å²) in [7, 11) is 0. The van der Waals surface area contributed by atoms with E-state index < -0.39 is 0 Å². The van der Waals surface area contributed by atoms with Crippen LogP contribution in [0.3, 0.4) is 0 Å². The number of hydrogen-bond donors (Lipinski definition) is 1. The van der Waals surface area contributed by atoms with Gasteiger partial charge in [0.15, 0.2) is 0 Å². The third-order valence-electron chi connectivity index (χ3n) is 2.86. The number of nitrogens with two attached hydrogens (primary N) is 1. The number of cyclic esters (lactones) is 1. The van der Waals surface area contributed by atoms with Gasteiger partial charge in [0, 0.05) is 12.0 Å². The normalized spacial score (nSPS) is 42.5. The molecule has 2 N–H and O–H groups in total. The molecular formula is C9H17NO2. The fourth-order valence-electron chi connectivity index (χ4n) is 1.65. The van der Waals surface area contributed by atoms with Crippen molar-refractivity contribution in [1.29, 1.82) is 0 Å². The predicted octanol–water partition coefficient (Wildman–Crippen LogP) is 0.921. The summed E-state index contributed by atoms with van der Waals surface area (Å²) in [6.45, 7) is 5.90. The molecule has 0 aliphatic carbocycles. The molecule has 1 heterocycles. The minimum atomic E-state index is -0.129. The van der Waals surface area contributed by atoms with E-state index in [9.17, 15) is 4.79 Å². The van der Waals surface area contributed by atoms with Crippen molar-refractivity contribution in [1.82, 2.24) is 0 Å². The summed E-state index contributed by atoms with van der Waals surface area (Å²) in [6, 6.07) is -0.0359. The van der Waals surface area contributed by atoms with Crippen LogP contribution in [0.5, 0.6) is 0 Å². The summed E-state index contributed by atoms with van der Waals surface area (Å²) in [6.07, 6.45) is 0.743. The Hall–Kier alpha value is -0.570. The molecule has 70 valence electrons. The lowest BCUT2D eigenvalue weighted by Crippen LogP contribution is -2.51. The van der Waals surface area contributed by atoms with Gasteiger partial charge in [0.1, 0.15) is 6.10 Å². The second-order valence-electron chi connectivity index (χ2n) is 3.59. The quantitative estimate of drug-likeness (QED) is 0.597. The highest BCUT2D eigenvalue weighted by Gasteiger charge is 2.38. The van der Waals surface area contributed by atoms with Gasteiger partial charge in [0.25, 0.3) is 0 Å². The molecular weight excluding hydrogens is 154 g/mol. The number of carbonyl (C=O) groups excluding carboxylic acids is 1. The first-order chi connectivity index (χ1) is 5.57. The van der Waals surface area contributed by atoms with Gasteiger partial charge in [-0.2, -0.15) is 0 Å². The molecule has 0 bridgehead atoms. The number of esters is 1. The monoisotopic (exact) mass is 171 g/mol. The van der Waals surface area contributed by atoms with E-state index in [1.165, 1.54) is 0 Å². The Kier molecular flexibility index (Phi) is 2.73. The second kappa shape index (κ2) is 3.44. The van der Waals surface area contributed by atoms with Gasteiger partial charge in [-0.1, -0.05) is 13.8 Å². The van der Waals surface area contributed by atoms with E-state index in [0.29, 0.717) is 0 Å². The van der Waals surface area contributed by atoms with Gasteiger partial charge in [-0.15, -0.1) is 0 Å². The lowest BCUT2D eigenvalue weighted by Gasteiger charge is -2.36. The van der Waals surface area contributed by atoms with Crippen LogP contribution in [0.15, 0.2) is 0 Å². The maximum absolute atomic E-state index is 11.3. The van der Waals surface area contributed by atoms with Gasteiger partial charge in [-0.25, -0.2) is 0 Å². The maximum Gasteiger partial charge on any atom is 0.310 e. The van der Waals surface area contributed by atoms with E-state index in [-0.39, 0.29) is 30.0 Å². The van der Waals surface area contributed by atoms with E-state index in [0.717, 1.165) is 6.42 Å². The predicted molar refractivity (Wildman–Crippen MR) is 46.5 cm³/mol. The molecule has 1 saturated heterocycles. The highest BCUT2D eigenvalue weighted by molar-refractivity contribution is 5.74. The molecule has 3 heteroatoms. The van der Waals surface area contributed by atoms with Gasteiger partial charge in [0.2, 0.25) is 0 Å². The highest BCUT2D eigenvalue weighted by atomic mass is 16.5. The van der Waals surface area contributed by atoms with Crippen molar-refractivity contribution in [3.05, 3.63) is 0 Å². The summed E-state index contributed by atoms with van der Waals surface area (Å²) in [5.74, 6) is 0.0412. The third-order valence-corrected chi connectivity index (χ3v) is 2.86. The fourth-order valence-corrected chi connectivity index (χ4v) is 1.65. The topological polar surface area (TPSA) is 52.3 Å². The molecule has 0 radical (unpaired) electrons. The van der Waals surface area contributed by atoms with Crippen molar-refractivity contribution >= 4 is 5.97 Å². The third kappa shape index (κ3) is 1.46. The Labute approximate surface area is 73.3 Å². The minimum Gasteiger partial charge on any atom is -0.462 e. The Bertz CT molecular complexity index is 181. The Morgan fingerprint density at radius 1 is 1.50 bits per heavy atom. The van der Waals surface area contributed by atoms with Crippen molar-refractivity contribution in [3.63, 3.8) is 0 Å². The first kappa shape index (κ1) is 9.52. The summed E-state index contributed by atoms with van der Waals surface area (Å²) in [4.78, 5) is 11.3. The van der Waals surface area contributed by atoms with Crippen molar-refractivity contribution < 1.29 is 9.53 Å². The molecule has 1 aliphatic heterocycles. The van der Waals surface area contributed by atoms with Gasteiger partial charge in [0.05, 0.1) is 5.92 Å². The first-order valence-corrected chi connectivity index (χ1v) is 4.54. The molecule has 4 atom stereocenters. The lowest BCUT2D eigenvalue weighted by atomic mass is 9.83. The largest absolute Gasteiger partial charge is 0.462 e. The molecule has 1 fully saturated rings. The zero-order valence-corrected chi connectivity index (χ0v) is 7.91. The molecule has 3 nitrogen and oxygen atoms in total. The van der Waals surface area contributed by atoms with Crippen molar-refractivity contribution in [2.24, 2.45) is 17.6 Å². The number of carbonyl (C=O) groups is 1. The molecule has 0 aromatic carbocycles. The summed E-state index contributed by atoms with van der Waals surface area (Å²) in [5, 5.41) is 0. The average Bonchev–Trinajstić information content (AvgIpc) is 2.01. The van der Waals surface area contributed by atoms with Crippen LogP contribution in [0.1, 0.15) is 27.2 Å².